The van der Waals surface area contributed by atoms with E-state index in [0.717, 1.165) is 31.2 Å². The van der Waals surface area contributed by atoms with Crippen molar-refractivity contribution in [3.8, 4) is 0 Å². The molecule has 0 radical (unpaired) electrons. The van der Waals surface area contributed by atoms with Crippen LogP contribution in [0.1, 0.15) is 20.3 Å². The van der Waals surface area contributed by atoms with Crippen molar-refractivity contribution in [2.24, 2.45) is 16.8 Å². The molecule has 8 heteroatoms. The topological polar surface area (TPSA) is 61.8 Å². The fourth-order valence-corrected chi connectivity index (χ4v) is 6.08. The molecule has 0 bridgehead atoms. The van der Waals surface area contributed by atoms with E-state index in [2.05, 4.69) is 30.6 Å². The van der Waals surface area contributed by atoms with Crippen LogP contribution >= 0.6 is 35.7 Å². The Morgan fingerprint density at radius 1 is 1.50 bits per heavy atom. The highest BCUT2D eigenvalue weighted by atomic mass is 127. The molecule has 2 atom stereocenters. The van der Waals surface area contributed by atoms with Crippen molar-refractivity contribution in [2.45, 2.75) is 25.5 Å². The summed E-state index contributed by atoms with van der Waals surface area (Å²) in [5.74, 6) is 3.42. The Balaban J connectivity index is 0.00000288. The summed E-state index contributed by atoms with van der Waals surface area (Å²) in [7, 11) is -2.83. The Bertz CT molecular complexity index is 537. The summed E-state index contributed by atoms with van der Waals surface area (Å²) in [5, 5.41) is 3.96. The van der Waals surface area contributed by atoms with Crippen LogP contribution in [0.2, 0.25) is 0 Å². The van der Waals surface area contributed by atoms with Gasteiger partial charge in [0.1, 0.15) is 0 Å². The average molecular weight is 487 g/mol. The van der Waals surface area contributed by atoms with Crippen molar-refractivity contribution in [3.63, 3.8) is 0 Å². The molecule has 2 aliphatic heterocycles. The number of halogens is 1. The Hall–Kier alpha value is 0.0400. The lowest BCUT2D eigenvalue weighted by molar-refractivity contribution is 0.380. The van der Waals surface area contributed by atoms with Crippen LogP contribution < -0.4 is 5.32 Å². The number of nitrogens with one attached hydrogen (secondary N) is 1. The predicted octanol–water partition coefficient (Wildman–Crippen LogP) is 2.24. The molecule has 2 saturated heterocycles. The molecule has 0 spiro atoms. The van der Waals surface area contributed by atoms with E-state index in [1.165, 1.54) is 0 Å². The van der Waals surface area contributed by atoms with E-state index in [-0.39, 0.29) is 35.6 Å². The number of aliphatic imine (C=N–C) groups is 1. The molecular weight excluding hydrogens is 457 g/mol. The van der Waals surface area contributed by atoms with Crippen molar-refractivity contribution in [1.82, 2.24) is 10.2 Å². The molecule has 2 fully saturated rings. The molecule has 0 aromatic heterocycles. The largest absolute Gasteiger partial charge is 0.353 e. The molecular formula is C16H30IN3O2S2. The summed E-state index contributed by atoms with van der Waals surface area (Å²) in [6, 6.07) is 0. The van der Waals surface area contributed by atoms with E-state index in [1.807, 2.05) is 17.8 Å². The molecule has 2 unspecified atom stereocenters. The summed E-state index contributed by atoms with van der Waals surface area (Å²) in [4.78, 5) is 7.05. The van der Waals surface area contributed by atoms with Crippen LogP contribution in [0, 0.1) is 11.8 Å². The fourth-order valence-electron chi connectivity index (χ4n) is 2.93. The molecule has 2 rings (SSSR count). The lowest BCUT2D eigenvalue weighted by atomic mass is 10.1. The highest BCUT2D eigenvalue weighted by Crippen LogP contribution is 2.25. The van der Waals surface area contributed by atoms with Gasteiger partial charge in [-0.3, -0.25) is 4.99 Å². The monoisotopic (exact) mass is 487 g/mol. The second-order valence-corrected chi connectivity index (χ2v) is 10.3. The maximum Gasteiger partial charge on any atom is 0.194 e. The Morgan fingerprint density at radius 2 is 2.25 bits per heavy atom. The standard InChI is InChI=1S/C16H29N3O2S2.HI/c1-4-6-17-16(18-10-14-5-9-23(20,21)12-14)19-7-8-22-15(11-19)13(2)3;/h4,13-15H,1,5-12H2,2-3H3,(H,17,18);1H. The van der Waals surface area contributed by atoms with Crippen LogP contribution in [0.4, 0.5) is 0 Å². The van der Waals surface area contributed by atoms with Gasteiger partial charge >= 0.3 is 0 Å². The lowest BCUT2D eigenvalue weighted by Crippen LogP contribution is -2.49. The first kappa shape index (κ1) is 22.1. The molecule has 0 aromatic rings. The molecule has 140 valence electrons. The van der Waals surface area contributed by atoms with E-state index in [1.54, 1.807) is 0 Å². The molecule has 24 heavy (non-hydrogen) atoms. The smallest absolute Gasteiger partial charge is 0.194 e. The zero-order valence-electron chi connectivity index (χ0n) is 14.6. The van der Waals surface area contributed by atoms with Gasteiger partial charge in [-0.15, -0.1) is 30.6 Å². The van der Waals surface area contributed by atoms with Crippen LogP contribution in [0.3, 0.4) is 0 Å². The number of hydrogen-bond acceptors (Lipinski definition) is 4. The number of hydrogen-bond donors (Lipinski definition) is 1. The van der Waals surface area contributed by atoms with Crippen LogP contribution in [-0.2, 0) is 9.84 Å². The second kappa shape index (κ2) is 10.3. The third-order valence-electron chi connectivity index (χ3n) is 4.37. The van der Waals surface area contributed by atoms with Gasteiger partial charge in [-0.05, 0) is 18.3 Å². The van der Waals surface area contributed by atoms with E-state index in [4.69, 9.17) is 4.99 Å². The maximum absolute atomic E-state index is 11.6. The number of guanidine groups is 1. The first-order chi connectivity index (χ1) is 10.9. The third-order valence-corrected chi connectivity index (χ3v) is 7.74. The van der Waals surface area contributed by atoms with Crippen LogP contribution in [0.15, 0.2) is 17.6 Å². The highest BCUT2D eigenvalue weighted by Gasteiger charge is 2.29. The number of thioether (sulfide) groups is 1. The number of rotatable bonds is 5. The fraction of sp³-hybridized carbons (Fsp3) is 0.812. The molecule has 0 aliphatic carbocycles. The van der Waals surface area contributed by atoms with Crippen molar-refractivity contribution in [2.75, 3.05) is 43.4 Å². The van der Waals surface area contributed by atoms with E-state index >= 15 is 0 Å². The summed E-state index contributed by atoms with van der Waals surface area (Å²) >= 11 is 2.04. The number of nitrogens with zero attached hydrogens (tertiary/aromatic N) is 2. The van der Waals surface area contributed by atoms with Gasteiger partial charge < -0.3 is 10.2 Å². The van der Waals surface area contributed by atoms with E-state index < -0.39 is 9.84 Å². The van der Waals surface area contributed by atoms with Crippen LogP contribution in [0.5, 0.6) is 0 Å². The minimum Gasteiger partial charge on any atom is -0.353 e. The van der Waals surface area contributed by atoms with E-state index in [9.17, 15) is 8.42 Å². The minimum atomic E-state index is -2.83. The first-order valence-corrected chi connectivity index (χ1v) is 11.2. The van der Waals surface area contributed by atoms with Gasteiger partial charge in [0, 0.05) is 37.2 Å². The maximum atomic E-state index is 11.6. The van der Waals surface area contributed by atoms with Gasteiger partial charge in [-0.25, -0.2) is 8.42 Å². The summed E-state index contributed by atoms with van der Waals surface area (Å²) in [6.45, 7) is 11.5. The Kier molecular flexibility index (Phi) is 9.43. The lowest BCUT2D eigenvalue weighted by Gasteiger charge is -2.36. The second-order valence-electron chi connectivity index (χ2n) is 6.70. The average Bonchev–Trinajstić information content (AvgIpc) is 2.86. The molecule has 0 saturated carbocycles. The minimum absolute atomic E-state index is 0. The van der Waals surface area contributed by atoms with Crippen LogP contribution in [-0.4, -0.2) is 68.0 Å². The molecule has 1 N–H and O–H groups in total. The van der Waals surface area contributed by atoms with Crippen molar-refractivity contribution in [3.05, 3.63) is 12.7 Å². The van der Waals surface area contributed by atoms with Crippen molar-refractivity contribution >= 4 is 51.5 Å². The zero-order valence-corrected chi connectivity index (χ0v) is 18.6. The van der Waals surface area contributed by atoms with Gasteiger partial charge in [0.15, 0.2) is 15.8 Å². The zero-order chi connectivity index (χ0) is 16.9. The molecule has 2 aliphatic rings. The molecule has 5 nitrogen and oxygen atoms in total. The molecule has 2 heterocycles. The Morgan fingerprint density at radius 3 is 2.83 bits per heavy atom. The SMILES string of the molecule is C=CCNC(=NCC1CCS(=O)(=O)C1)N1CCSC(C(C)C)C1.I. The van der Waals surface area contributed by atoms with Gasteiger partial charge in [-0.1, -0.05) is 19.9 Å². The number of sulfone groups is 1. The molecule has 0 amide bonds. The van der Waals surface area contributed by atoms with Crippen molar-refractivity contribution in [1.29, 1.82) is 0 Å². The van der Waals surface area contributed by atoms with Crippen LogP contribution in [0.25, 0.3) is 0 Å². The predicted molar refractivity (Wildman–Crippen MR) is 115 cm³/mol. The summed E-state index contributed by atoms with van der Waals surface area (Å²) in [5.41, 5.74) is 0. The van der Waals surface area contributed by atoms with Gasteiger partial charge in [0.05, 0.1) is 11.5 Å². The van der Waals surface area contributed by atoms with Gasteiger partial charge in [0.2, 0.25) is 0 Å². The Labute approximate surface area is 168 Å². The van der Waals surface area contributed by atoms with Crippen molar-refractivity contribution < 1.29 is 8.42 Å². The quantitative estimate of drug-likeness (QED) is 0.279. The summed E-state index contributed by atoms with van der Waals surface area (Å²) < 4.78 is 23.2. The highest BCUT2D eigenvalue weighted by molar-refractivity contribution is 14.0. The van der Waals surface area contributed by atoms with E-state index in [0.29, 0.717) is 30.0 Å². The van der Waals surface area contributed by atoms with Gasteiger partial charge in [-0.2, -0.15) is 11.8 Å². The molecule has 0 aromatic carbocycles. The third kappa shape index (κ3) is 6.74. The first-order valence-electron chi connectivity index (χ1n) is 8.37. The summed E-state index contributed by atoms with van der Waals surface area (Å²) in [6.07, 6.45) is 2.57. The van der Waals surface area contributed by atoms with Gasteiger partial charge in [0.25, 0.3) is 0 Å². The normalized spacial score (nSPS) is 27.0.